The Morgan fingerprint density at radius 2 is 2.20 bits per heavy atom. The van der Waals surface area contributed by atoms with E-state index in [-0.39, 0.29) is 5.41 Å². The first kappa shape index (κ1) is 11.8. The molecule has 4 heteroatoms. The van der Waals surface area contributed by atoms with Gasteiger partial charge in [0, 0.05) is 6.42 Å². The Kier molecular flexibility index (Phi) is 3.50. The van der Waals surface area contributed by atoms with E-state index in [4.69, 9.17) is 9.15 Å². The number of esters is 1. The molecule has 0 saturated carbocycles. The second kappa shape index (κ2) is 4.47. The summed E-state index contributed by atoms with van der Waals surface area (Å²) in [7, 11) is 0. The third kappa shape index (κ3) is 3.38. The minimum Gasteiger partial charge on any atom is -0.461 e. The fraction of sp³-hybridized carbons (Fsp3) is 0.636. The van der Waals surface area contributed by atoms with Crippen LogP contribution in [0.4, 0.5) is 0 Å². The molecule has 0 aromatic carbocycles. The van der Waals surface area contributed by atoms with Crippen LogP contribution in [0.3, 0.4) is 0 Å². The number of oxazole rings is 1. The Hall–Kier alpha value is -1.32. The molecular weight excluding hydrogens is 194 g/mol. The maximum absolute atomic E-state index is 11.5. The average Bonchev–Trinajstić information content (AvgIpc) is 2.49. The lowest BCUT2D eigenvalue weighted by atomic mass is 9.90. The Morgan fingerprint density at radius 3 is 2.73 bits per heavy atom. The van der Waals surface area contributed by atoms with Gasteiger partial charge in [-0.15, -0.1) is 0 Å². The van der Waals surface area contributed by atoms with Gasteiger partial charge >= 0.3 is 5.97 Å². The summed E-state index contributed by atoms with van der Waals surface area (Å²) in [5.41, 5.74) is 0.354. The van der Waals surface area contributed by atoms with E-state index in [1.54, 1.807) is 6.92 Å². The van der Waals surface area contributed by atoms with E-state index in [9.17, 15) is 4.79 Å². The van der Waals surface area contributed by atoms with Crippen molar-refractivity contribution in [3.8, 4) is 0 Å². The van der Waals surface area contributed by atoms with Crippen LogP contribution < -0.4 is 0 Å². The molecule has 0 N–H and O–H groups in total. The van der Waals surface area contributed by atoms with E-state index in [1.165, 1.54) is 6.39 Å². The molecule has 0 aliphatic carbocycles. The number of carbonyl (C=O) groups excluding carboxylic acids is 1. The molecule has 1 heterocycles. The maximum atomic E-state index is 11.5. The van der Waals surface area contributed by atoms with Crippen LogP contribution in [0.25, 0.3) is 0 Å². The topological polar surface area (TPSA) is 52.3 Å². The Morgan fingerprint density at radius 1 is 1.53 bits per heavy atom. The number of carbonyl (C=O) groups is 1. The molecule has 0 spiro atoms. The lowest BCUT2D eigenvalue weighted by Crippen LogP contribution is -2.13. The summed E-state index contributed by atoms with van der Waals surface area (Å²) in [5.74, 6) is 0.187. The fourth-order valence-electron chi connectivity index (χ4n) is 1.24. The van der Waals surface area contributed by atoms with Gasteiger partial charge in [0.25, 0.3) is 0 Å². The van der Waals surface area contributed by atoms with Crippen molar-refractivity contribution >= 4 is 5.97 Å². The summed E-state index contributed by atoms with van der Waals surface area (Å²) in [6.07, 6.45) is 1.95. The number of nitrogens with zero attached hydrogens (tertiary/aromatic N) is 1. The highest BCUT2D eigenvalue weighted by Crippen LogP contribution is 2.22. The first-order valence-electron chi connectivity index (χ1n) is 5.03. The lowest BCUT2D eigenvalue weighted by Gasteiger charge is -2.16. The summed E-state index contributed by atoms with van der Waals surface area (Å²) in [6.45, 7) is 8.33. The molecule has 84 valence electrons. The van der Waals surface area contributed by atoms with Gasteiger partial charge in [-0.2, -0.15) is 0 Å². The largest absolute Gasteiger partial charge is 0.461 e. The monoisotopic (exact) mass is 211 g/mol. The lowest BCUT2D eigenvalue weighted by molar-refractivity contribution is 0.0517. The van der Waals surface area contributed by atoms with Crippen molar-refractivity contribution in [2.75, 3.05) is 6.61 Å². The molecule has 0 atom stereocenters. The highest BCUT2D eigenvalue weighted by molar-refractivity contribution is 5.88. The molecule has 0 radical (unpaired) electrons. The van der Waals surface area contributed by atoms with Crippen molar-refractivity contribution in [3.63, 3.8) is 0 Å². The predicted molar refractivity (Wildman–Crippen MR) is 55.6 cm³/mol. The maximum Gasteiger partial charge on any atom is 0.360 e. The van der Waals surface area contributed by atoms with Crippen molar-refractivity contribution in [1.82, 2.24) is 4.98 Å². The van der Waals surface area contributed by atoms with Gasteiger partial charge < -0.3 is 9.15 Å². The van der Waals surface area contributed by atoms with Gasteiger partial charge in [0.1, 0.15) is 5.76 Å². The van der Waals surface area contributed by atoms with Gasteiger partial charge in [0.15, 0.2) is 12.1 Å². The van der Waals surface area contributed by atoms with Crippen LogP contribution in [0.15, 0.2) is 10.8 Å². The standard InChI is InChI=1S/C11H17NO3/c1-5-14-10(13)9-8(15-7-12-9)6-11(2,3)4/h7H,5-6H2,1-4H3. The summed E-state index contributed by atoms with van der Waals surface area (Å²) < 4.78 is 10.1. The number of ether oxygens (including phenoxy) is 1. The molecule has 0 amide bonds. The van der Waals surface area contributed by atoms with Crippen molar-refractivity contribution in [3.05, 3.63) is 17.8 Å². The second-order valence-corrected chi connectivity index (χ2v) is 4.58. The van der Waals surface area contributed by atoms with Crippen LogP contribution >= 0.6 is 0 Å². The van der Waals surface area contributed by atoms with E-state index >= 15 is 0 Å². The molecular formula is C11H17NO3. The Bertz CT molecular complexity index is 336. The first-order valence-corrected chi connectivity index (χ1v) is 5.03. The molecule has 0 bridgehead atoms. The van der Waals surface area contributed by atoms with Crippen LogP contribution in [-0.2, 0) is 11.2 Å². The number of aromatic nitrogens is 1. The molecule has 1 aromatic rings. The molecule has 0 aliphatic rings. The quantitative estimate of drug-likeness (QED) is 0.720. The minimum absolute atomic E-state index is 0.0563. The molecule has 0 saturated heterocycles. The zero-order chi connectivity index (χ0) is 11.5. The molecule has 0 aliphatic heterocycles. The number of hydrogen-bond donors (Lipinski definition) is 0. The van der Waals surface area contributed by atoms with E-state index in [0.29, 0.717) is 24.5 Å². The summed E-state index contributed by atoms with van der Waals surface area (Å²) >= 11 is 0. The Labute approximate surface area is 89.6 Å². The highest BCUT2D eigenvalue weighted by atomic mass is 16.5. The molecule has 0 fully saturated rings. The third-order valence-electron chi connectivity index (χ3n) is 1.80. The second-order valence-electron chi connectivity index (χ2n) is 4.58. The van der Waals surface area contributed by atoms with Crippen molar-refractivity contribution < 1.29 is 13.9 Å². The molecule has 15 heavy (non-hydrogen) atoms. The van der Waals surface area contributed by atoms with Crippen molar-refractivity contribution in [1.29, 1.82) is 0 Å². The van der Waals surface area contributed by atoms with E-state index < -0.39 is 5.97 Å². The molecule has 1 aromatic heterocycles. The highest BCUT2D eigenvalue weighted by Gasteiger charge is 2.22. The van der Waals surface area contributed by atoms with Crippen LogP contribution in [-0.4, -0.2) is 17.6 Å². The average molecular weight is 211 g/mol. The number of hydrogen-bond acceptors (Lipinski definition) is 4. The fourth-order valence-corrected chi connectivity index (χ4v) is 1.24. The molecule has 0 unspecified atom stereocenters. The van der Waals surface area contributed by atoms with Gasteiger partial charge in [-0.05, 0) is 12.3 Å². The van der Waals surface area contributed by atoms with Gasteiger partial charge in [-0.25, -0.2) is 9.78 Å². The van der Waals surface area contributed by atoms with Crippen molar-refractivity contribution in [2.24, 2.45) is 5.41 Å². The summed E-state index contributed by atoms with van der Waals surface area (Å²) in [5, 5.41) is 0. The smallest absolute Gasteiger partial charge is 0.360 e. The normalized spacial score (nSPS) is 11.5. The Balaban J connectivity index is 2.82. The van der Waals surface area contributed by atoms with Crippen LogP contribution in [0.5, 0.6) is 0 Å². The minimum atomic E-state index is -0.412. The summed E-state index contributed by atoms with van der Waals surface area (Å²) in [6, 6.07) is 0. The van der Waals surface area contributed by atoms with E-state index in [0.717, 1.165) is 0 Å². The van der Waals surface area contributed by atoms with Gasteiger partial charge in [0.2, 0.25) is 0 Å². The molecule has 1 rings (SSSR count). The van der Waals surface area contributed by atoms with Crippen LogP contribution in [0, 0.1) is 5.41 Å². The zero-order valence-electron chi connectivity index (χ0n) is 9.66. The first-order chi connectivity index (χ1) is 6.94. The van der Waals surface area contributed by atoms with Gasteiger partial charge in [-0.3, -0.25) is 0 Å². The van der Waals surface area contributed by atoms with Gasteiger partial charge in [0.05, 0.1) is 6.61 Å². The molecule has 4 nitrogen and oxygen atoms in total. The third-order valence-corrected chi connectivity index (χ3v) is 1.80. The van der Waals surface area contributed by atoms with Crippen LogP contribution in [0.1, 0.15) is 43.9 Å². The van der Waals surface area contributed by atoms with Gasteiger partial charge in [-0.1, -0.05) is 20.8 Å². The van der Waals surface area contributed by atoms with Crippen molar-refractivity contribution in [2.45, 2.75) is 34.1 Å². The number of rotatable bonds is 3. The van der Waals surface area contributed by atoms with Crippen LogP contribution in [0.2, 0.25) is 0 Å². The van der Waals surface area contributed by atoms with E-state index in [1.807, 2.05) is 0 Å². The predicted octanol–water partition coefficient (Wildman–Crippen LogP) is 2.44. The SMILES string of the molecule is CCOC(=O)c1ncoc1CC(C)(C)C. The summed E-state index contributed by atoms with van der Waals surface area (Å²) in [4.78, 5) is 15.3. The zero-order valence-corrected chi connectivity index (χ0v) is 9.66. The van der Waals surface area contributed by atoms with E-state index in [2.05, 4.69) is 25.8 Å².